The average Bonchev–Trinajstić information content (AvgIpc) is 3.56. The Hall–Kier alpha value is -7.29. The van der Waals surface area contributed by atoms with E-state index in [0.717, 1.165) is 55.8 Å². The van der Waals surface area contributed by atoms with Crippen molar-refractivity contribution in [2.45, 2.75) is 0 Å². The second-order valence-corrected chi connectivity index (χ2v) is 12.7. The first kappa shape index (κ1) is 30.7. The van der Waals surface area contributed by atoms with Crippen LogP contribution in [0.2, 0.25) is 0 Å². The molecular formula is C47H30N4O. The van der Waals surface area contributed by atoms with Crippen molar-refractivity contribution in [3.8, 4) is 73.5 Å². The summed E-state index contributed by atoms with van der Waals surface area (Å²) in [4.78, 5) is 9.86. The Morgan fingerprint density at radius 1 is 0.500 bits per heavy atom. The predicted octanol–water partition coefficient (Wildman–Crippen LogP) is 11.5. The summed E-state index contributed by atoms with van der Waals surface area (Å²) in [7, 11) is 0. The molecule has 0 saturated carbocycles. The second kappa shape index (κ2) is 12.9. The highest BCUT2D eigenvalue weighted by Crippen LogP contribution is 2.40. The van der Waals surface area contributed by atoms with Crippen LogP contribution in [0.4, 0.5) is 0 Å². The van der Waals surface area contributed by atoms with Crippen LogP contribution >= 0.6 is 0 Å². The molecule has 0 aliphatic carbocycles. The smallest absolute Gasteiger partial charge is 0.124 e. The highest BCUT2D eigenvalue weighted by molar-refractivity contribution is 6.13. The van der Waals surface area contributed by atoms with Gasteiger partial charge in [-0.3, -0.25) is 4.98 Å². The molecule has 0 bridgehead atoms. The highest BCUT2D eigenvalue weighted by atomic mass is 16.3. The number of aromatic hydroxyl groups is 1. The van der Waals surface area contributed by atoms with Gasteiger partial charge in [0.25, 0.3) is 0 Å². The molecule has 0 aliphatic heterocycles. The van der Waals surface area contributed by atoms with E-state index in [0.29, 0.717) is 22.5 Å². The summed E-state index contributed by atoms with van der Waals surface area (Å²) in [5.41, 5.74) is 12.2. The zero-order valence-electron chi connectivity index (χ0n) is 28.0. The van der Waals surface area contributed by atoms with E-state index < -0.39 is 0 Å². The van der Waals surface area contributed by atoms with Crippen LogP contribution in [0.15, 0.2) is 176 Å². The largest absolute Gasteiger partial charge is 0.507 e. The molecule has 0 saturated heterocycles. The quantitative estimate of drug-likeness (QED) is 0.192. The first-order chi connectivity index (χ1) is 25.6. The Balaban J connectivity index is 1.21. The van der Waals surface area contributed by atoms with E-state index in [1.165, 1.54) is 10.8 Å². The van der Waals surface area contributed by atoms with Crippen LogP contribution in [0.3, 0.4) is 0 Å². The molecule has 6 aromatic carbocycles. The number of hydrogen-bond acceptors (Lipinski definition) is 4. The van der Waals surface area contributed by atoms with Crippen LogP contribution in [0.1, 0.15) is 5.56 Å². The van der Waals surface area contributed by atoms with Gasteiger partial charge in [-0.25, -0.2) is 4.98 Å². The number of nitriles is 1. The number of rotatable bonds is 6. The summed E-state index contributed by atoms with van der Waals surface area (Å²) < 4.78 is 2.34. The van der Waals surface area contributed by atoms with Gasteiger partial charge in [-0.2, -0.15) is 5.26 Å². The van der Waals surface area contributed by atoms with Crippen molar-refractivity contribution in [3.05, 3.63) is 182 Å². The molecule has 9 rings (SSSR count). The lowest BCUT2D eigenvalue weighted by Gasteiger charge is -2.13. The summed E-state index contributed by atoms with van der Waals surface area (Å²) in [5, 5.41) is 23.4. The van der Waals surface area contributed by atoms with Crippen molar-refractivity contribution < 1.29 is 5.11 Å². The van der Waals surface area contributed by atoms with Crippen LogP contribution in [-0.4, -0.2) is 19.6 Å². The van der Waals surface area contributed by atoms with Crippen molar-refractivity contribution in [1.82, 2.24) is 14.5 Å². The predicted molar refractivity (Wildman–Crippen MR) is 210 cm³/mol. The number of pyridine rings is 2. The standard InChI is InChI=1S/C47H30N4O/c48-30-31-24-35(26-36(25-31)43-28-34(32-12-3-1-4-13-32)29-44(50-43)41-17-8-10-21-46(41)52)42-27-33(22-23-49-42)38-18-11-19-40-39-16-7-9-20-45(39)51(47(38)40)37-14-5-2-6-15-37/h1-29,52H. The van der Waals surface area contributed by atoms with Gasteiger partial charge in [-0.05, 0) is 89.5 Å². The fraction of sp³-hybridized carbons (Fsp3) is 0. The summed E-state index contributed by atoms with van der Waals surface area (Å²) in [6.45, 7) is 0. The molecule has 0 aliphatic rings. The number of aromatic nitrogens is 3. The molecule has 244 valence electrons. The number of benzene rings is 6. The molecule has 5 nitrogen and oxygen atoms in total. The summed E-state index contributed by atoms with van der Waals surface area (Å²) in [6, 6.07) is 59.1. The Morgan fingerprint density at radius 3 is 1.96 bits per heavy atom. The van der Waals surface area contributed by atoms with Crippen LogP contribution in [-0.2, 0) is 0 Å². The minimum absolute atomic E-state index is 0.153. The van der Waals surface area contributed by atoms with E-state index in [9.17, 15) is 10.4 Å². The molecule has 0 atom stereocenters. The van der Waals surface area contributed by atoms with Gasteiger partial charge in [-0.1, -0.05) is 97.1 Å². The summed E-state index contributed by atoms with van der Waals surface area (Å²) in [6.07, 6.45) is 1.84. The van der Waals surface area contributed by atoms with Crippen LogP contribution in [0.25, 0.3) is 83.5 Å². The Kier molecular flexibility index (Phi) is 7.61. The highest BCUT2D eigenvalue weighted by Gasteiger charge is 2.18. The molecule has 0 fully saturated rings. The lowest BCUT2D eigenvalue weighted by Crippen LogP contribution is -1.96. The van der Waals surface area contributed by atoms with E-state index in [1.807, 2.05) is 79.0 Å². The second-order valence-electron chi connectivity index (χ2n) is 12.7. The van der Waals surface area contributed by atoms with Crippen molar-refractivity contribution >= 4 is 21.8 Å². The van der Waals surface area contributed by atoms with Gasteiger partial charge >= 0.3 is 0 Å². The zero-order valence-corrected chi connectivity index (χ0v) is 28.0. The fourth-order valence-electron chi connectivity index (χ4n) is 7.14. The van der Waals surface area contributed by atoms with Crippen molar-refractivity contribution in [2.75, 3.05) is 0 Å². The Morgan fingerprint density at radius 2 is 1.15 bits per heavy atom. The molecule has 0 unspecified atom stereocenters. The Bertz CT molecular complexity index is 2820. The summed E-state index contributed by atoms with van der Waals surface area (Å²) >= 11 is 0. The maximum Gasteiger partial charge on any atom is 0.124 e. The monoisotopic (exact) mass is 666 g/mol. The topological polar surface area (TPSA) is 74.7 Å². The maximum absolute atomic E-state index is 10.8. The zero-order chi connectivity index (χ0) is 35.0. The van der Waals surface area contributed by atoms with E-state index in [2.05, 4.69) is 95.6 Å². The van der Waals surface area contributed by atoms with E-state index in [4.69, 9.17) is 9.97 Å². The number of nitrogens with zero attached hydrogens (tertiary/aromatic N) is 4. The van der Waals surface area contributed by atoms with Crippen LogP contribution in [0.5, 0.6) is 5.75 Å². The van der Waals surface area contributed by atoms with Crippen molar-refractivity contribution in [3.63, 3.8) is 0 Å². The molecule has 0 spiro atoms. The first-order valence-corrected chi connectivity index (χ1v) is 17.1. The van der Waals surface area contributed by atoms with E-state index in [-0.39, 0.29) is 5.75 Å². The van der Waals surface area contributed by atoms with Crippen molar-refractivity contribution in [2.24, 2.45) is 0 Å². The number of phenols is 1. The molecule has 9 aromatic rings. The summed E-state index contributed by atoms with van der Waals surface area (Å²) in [5.74, 6) is 0.153. The SMILES string of the molecule is N#Cc1cc(-c2cc(-c3cccc4c5ccccc5n(-c5ccccc5)c34)ccn2)cc(-c2cc(-c3ccccc3)cc(-c3ccccc3O)n2)c1. The van der Waals surface area contributed by atoms with Gasteiger partial charge in [-0.15, -0.1) is 0 Å². The molecule has 1 N–H and O–H groups in total. The third-order valence-corrected chi connectivity index (χ3v) is 9.55. The number of fused-ring (bicyclic) bond motifs is 3. The van der Waals surface area contributed by atoms with E-state index >= 15 is 0 Å². The normalized spacial score (nSPS) is 11.1. The molecule has 0 amide bonds. The van der Waals surface area contributed by atoms with Gasteiger partial charge in [0.1, 0.15) is 5.75 Å². The lowest BCUT2D eigenvalue weighted by atomic mass is 9.96. The van der Waals surface area contributed by atoms with Crippen LogP contribution in [0, 0.1) is 11.3 Å². The average molecular weight is 667 g/mol. The van der Waals surface area contributed by atoms with Gasteiger partial charge < -0.3 is 9.67 Å². The van der Waals surface area contributed by atoms with Gasteiger partial charge in [0.05, 0.1) is 39.7 Å². The van der Waals surface area contributed by atoms with Gasteiger partial charge in [0, 0.05) is 44.9 Å². The molecule has 5 heteroatoms. The van der Waals surface area contributed by atoms with Crippen molar-refractivity contribution in [1.29, 1.82) is 5.26 Å². The molecule has 0 radical (unpaired) electrons. The molecule has 3 aromatic heterocycles. The van der Waals surface area contributed by atoms with Gasteiger partial charge in [0.15, 0.2) is 0 Å². The Labute approximate surface area is 301 Å². The number of hydrogen-bond donors (Lipinski definition) is 1. The lowest BCUT2D eigenvalue weighted by molar-refractivity contribution is 0.477. The molecular weight excluding hydrogens is 637 g/mol. The first-order valence-electron chi connectivity index (χ1n) is 17.1. The maximum atomic E-state index is 10.8. The molecule has 3 heterocycles. The van der Waals surface area contributed by atoms with E-state index in [1.54, 1.807) is 12.1 Å². The minimum atomic E-state index is 0.153. The van der Waals surface area contributed by atoms with Gasteiger partial charge in [0.2, 0.25) is 0 Å². The fourth-order valence-corrected chi connectivity index (χ4v) is 7.14. The van der Waals surface area contributed by atoms with Crippen LogP contribution < -0.4 is 0 Å². The number of phenolic OH excluding ortho intramolecular Hbond substituents is 1. The number of para-hydroxylation sites is 4. The molecule has 52 heavy (non-hydrogen) atoms. The third-order valence-electron chi connectivity index (χ3n) is 9.55. The third kappa shape index (κ3) is 5.45. The minimum Gasteiger partial charge on any atom is -0.507 e.